The van der Waals surface area contributed by atoms with Gasteiger partial charge in [-0.1, -0.05) is 35.9 Å². The summed E-state index contributed by atoms with van der Waals surface area (Å²) in [5, 5.41) is 1.76. The number of hydrogen-bond acceptors (Lipinski definition) is 3. The Morgan fingerprint density at radius 1 is 1.05 bits per heavy atom. The van der Waals surface area contributed by atoms with Crippen LogP contribution < -0.4 is 4.74 Å². The number of halogens is 2. The van der Waals surface area contributed by atoms with Gasteiger partial charge in [-0.3, -0.25) is 4.90 Å². The van der Waals surface area contributed by atoms with Crippen LogP contribution in [0.1, 0.15) is 41.3 Å². The Bertz CT molecular complexity index is 1410. The monoisotopic (exact) mass is 518 g/mol. The Morgan fingerprint density at radius 3 is 2.57 bits per heavy atom. The first-order valence-electron chi connectivity index (χ1n) is 12.8. The fourth-order valence-electron chi connectivity index (χ4n) is 5.59. The number of aromatic amines is 1. The van der Waals surface area contributed by atoms with Crippen molar-refractivity contribution in [3.05, 3.63) is 100.0 Å². The molecule has 1 N–H and O–H groups in total. The second-order valence-electron chi connectivity index (χ2n) is 9.88. The lowest BCUT2D eigenvalue weighted by atomic mass is 9.89. The molecule has 3 aromatic carbocycles. The third kappa shape index (κ3) is 4.96. The van der Waals surface area contributed by atoms with Gasteiger partial charge in [0.1, 0.15) is 17.6 Å². The van der Waals surface area contributed by atoms with Crippen molar-refractivity contribution in [2.45, 2.75) is 31.7 Å². The summed E-state index contributed by atoms with van der Waals surface area (Å²) in [5.74, 6) is 0.575. The molecule has 0 bridgehead atoms. The first kappa shape index (κ1) is 24.0. The van der Waals surface area contributed by atoms with Crippen molar-refractivity contribution >= 4 is 28.6 Å². The molecule has 6 rings (SSSR count). The predicted molar refractivity (Wildman–Crippen MR) is 142 cm³/mol. The van der Waals surface area contributed by atoms with E-state index >= 15 is 0 Å². The molecule has 0 spiro atoms. The van der Waals surface area contributed by atoms with Gasteiger partial charge in [0.15, 0.2) is 0 Å². The van der Waals surface area contributed by atoms with Crippen LogP contribution in [-0.2, 0) is 17.6 Å². The SMILES string of the molecule is O=C(Oc1ccc(F)cc1)N1CCc2c([nH]c3ccc(Cl)cc23)C1c1ccc(CC2CCOCC2)cc1. The molecule has 4 aromatic rings. The van der Waals surface area contributed by atoms with E-state index in [4.69, 9.17) is 21.1 Å². The third-order valence-electron chi connectivity index (χ3n) is 7.50. The highest BCUT2D eigenvalue weighted by molar-refractivity contribution is 6.31. The fraction of sp³-hybridized carbons (Fsp3) is 0.300. The number of fused-ring (bicyclic) bond motifs is 3. The van der Waals surface area contributed by atoms with E-state index in [-0.39, 0.29) is 11.9 Å². The van der Waals surface area contributed by atoms with Crippen LogP contribution in [0.3, 0.4) is 0 Å². The zero-order valence-electron chi connectivity index (χ0n) is 20.4. The number of benzene rings is 3. The van der Waals surface area contributed by atoms with Crippen molar-refractivity contribution in [1.82, 2.24) is 9.88 Å². The van der Waals surface area contributed by atoms with E-state index in [0.29, 0.717) is 29.7 Å². The third-order valence-corrected chi connectivity index (χ3v) is 7.74. The quantitative estimate of drug-likeness (QED) is 0.314. The molecule has 0 radical (unpaired) electrons. The minimum atomic E-state index is -0.467. The topological polar surface area (TPSA) is 54.6 Å². The van der Waals surface area contributed by atoms with Crippen LogP contribution in [0.15, 0.2) is 66.7 Å². The van der Waals surface area contributed by atoms with Gasteiger partial charge in [0.2, 0.25) is 0 Å². The van der Waals surface area contributed by atoms with Crippen LogP contribution >= 0.6 is 11.6 Å². The van der Waals surface area contributed by atoms with Gasteiger partial charge in [-0.05, 0) is 90.8 Å². The van der Waals surface area contributed by atoms with Crippen LogP contribution in [0, 0.1) is 11.7 Å². The maximum atomic E-state index is 13.4. The van der Waals surface area contributed by atoms with Crippen molar-refractivity contribution in [1.29, 1.82) is 0 Å². The Balaban J connectivity index is 1.34. The van der Waals surface area contributed by atoms with Gasteiger partial charge in [0, 0.05) is 41.4 Å². The Hall–Kier alpha value is -3.35. The summed E-state index contributed by atoms with van der Waals surface area (Å²) in [6.45, 7) is 2.16. The number of ether oxygens (including phenoxy) is 2. The molecule has 1 aromatic heterocycles. The number of carbonyl (C=O) groups is 1. The molecule has 0 aliphatic carbocycles. The van der Waals surface area contributed by atoms with E-state index in [1.54, 1.807) is 4.90 Å². The molecular weight excluding hydrogens is 491 g/mol. The summed E-state index contributed by atoms with van der Waals surface area (Å²) < 4.78 is 24.5. The van der Waals surface area contributed by atoms with Crippen LogP contribution in [-0.4, -0.2) is 35.7 Å². The highest BCUT2D eigenvalue weighted by atomic mass is 35.5. The number of rotatable bonds is 4. The maximum Gasteiger partial charge on any atom is 0.416 e. The highest BCUT2D eigenvalue weighted by Crippen LogP contribution is 2.39. The van der Waals surface area contributed by atoms with Gasteiger partial charge >= 0.3 is 6.09 Å². The minimum absolute atomic E-state index is 0.311. The Labute approximate surface area is 220 Å². The second-order valence-corrected chi connectivity index (χ2v) is 10.3. The molecule has 0 saturated carbocycles. The van der Waals surface area contributed by atoms with Gasteiger partial charge in [-0.15, -0.1) is 0 Å². The standard InChI is InChI=1S/C30H28ClFN2O3/c31-22-5-10-27-26(18-22)25-11-14-34(30(35)37-24-8-6-23(32)7-9-24)29(28(25)33-27)21-3-1-19(2-4-21)17-20-12-15-36-16-13-20/h1-10,18,20,29,33H,11-17H2. The molecule has 1 unspecified atom stereocenters. The maximum absolute atomic E-state index is 13.4. The van der Waals surface area contributed by atoms with E-state index in [1.165, 1.54) is 35.4 Å². The predicted octanol–water partition coefficient (Wildman–Crippen LogP) is 7.08. The zero-order chi connectivity index (χ0) is 25.4. The molecule has 5 nitrogen and oxygen atoms in total. The Morgan fingerprint density at radius 2 is 1.81 bits per heavy atom. The van der Waals surface area contributed by atoms with E-state index in [0.717, 1.165) is 54.6 Å². The summed E-state index contributed by atoms with van der Waals surface area (Å²) in [4.78, 5) is 18.7. The van der Waals surface area contributed by atoms with Crippen molar-refractivity contribution in [3.63, 3.8) is 0 Å². The number of amides is 1. The van der Waals surface area contributed by atoms with Crippen LogP contribution in [0.4, 0.5) is 9.18 Å². The van der Waals surface area contributed by atoms with E-state index in [2.05, 4.69) is 29.2 Å². The number of H-pyrrole nitrogens is 1. The molecule has 1 amide bonds. The molecule has 2 aliphatic rings. The second kappa shape index (κ2) is 10.2. The molecular formula is C30H28ClFN2O3. The number of nitrogens with one attached hydrogen (secondary N) is 1. The average molecular weight is 519 g/mol. The van der Waals surface area contributed by atoms with E-state index in [9.17, 15) is 9.18 Å². The van der Waals surface area contributed by atoms with Crippen LogP contribution in [0.2, 0.25) is 5.02 Å². The zero-order valence-corrected chi connectivity index (χ0v) is 21.1. The molecule has 37 heavy (non-hydrogen) atoms. The molecule has 1 saturated heterocycles. The van der Waals surface area contributed by atoms with Crippen LogP contribution in [0.25, 0.3) is 10.9 Å². The first-order valence-corrected chi connectivity index (χ1v) is 13.1. The summed E-state index contributed by atoms with van der Waals surface area (Å²) >= 11 is 6.32. The number of aromatic nitrogens is 1. The van der Waals surface area contributed by atoms with Crippen LogP contribution in [0.5, 0.6) is 5.75 Å². The summed E-state index contributed by atoms with van der Waals surface area (Å²) in [7, 11) is 0. The van der Waals surface area contributed by atoms with E-state index < -0.39 is 6.09 Å². The van der Waals surface area contributed by atoms with Gasteiger partial charge in [-0.25, -0.2) is 9.18 Å². The summed E-state index contributed by atoms with van der Waals surface area (Å²) in [5.41, 5.74) is 5.42. The lowest BCUT2D eigenvalue weighted by Crippen LogP contribution is -2.42. The molecule has 190 valence electrons. The fourth-order valence-corrected chi connectivity index (χ4v) is 5.76. The first-order chi connectivity index (χ1) is 18.0. The molecule has 1 atom stereocenters. The summed E-state index contributed by atoms with van der Waals surface area (Å²) in [6, 6.07) is 19.5. The van der Waals surface area contributed by atoms with Gasteiger partial charge in [0.05, 0.1) is 0 Å². The number of carbonyl (C=O) groups excluding carboxylic acids is 1. The van der Waals surface area contributed by atoms with Gasteiger partial charge in [0.25, 0.3) is 0 Å². The summed E-state index contributed by atoms with van der Waals surface area (Å²) in [6.07, 6.45) is 3.42. The van der Waals surface area contributed by atoms with Crippen molar-refractivity contribution in [3.8, 4) is 5.75 Å². The van der Waals surface area contributed by atoms with Gasteiger partial charge in [-0.2, -0.15) is 0 Å². The van der Waals surface area contributed by atoms with Crippen molar-refractivity contribution in [2.75, 3.05) is 19.8 Å². The largest absolute Gasteiger partial charge is 0.416 e. The molecule has 1 fully saturated rings. The number of nitrogens with zero attached hydrogens (tertiary/aromatic N) is 1. The molecule has 2 aliphatic heterocycles. The smallest absolute Gasteiger partial charge is 0.410 e. The lowest BCUT2D eigenvalue weighted by molar-refractivity contribution is 0.0665. The average Bonchev–Trinajstić information content (AvgIpc) is 3.28. The lowest BCUT2D eigenvalue weighted by Gasteiger charge is -2.35. The van der Waals surface area contributed by atoms with Crippen molar-refractivity contribution < 1.29 is 18.7 Å². The Kier molecular flexibility index (Phi) is 6.61. The highest BCUT2D eigenvalue weighted by Gasteiger charge is 2.35. The minimum Gasteiger partial charge on any atom is -0.410 e. The molecule has 7 heteroatoms. The molecule has 3 heterocycles. The number of hydrogen-bond donors (Lipinski definition) is 1. The van der Waals surface area contributed by atoms with E-state index in [1.807, 2.05) is 18.2 Å². The van der Waals surface area contributed by atoms with Crippen molar-refractivity contribution in [2.24, 2.45) is 5.92 Å². The normalized spacial score (nSPS) is 18.1. The van der Waals surface area contributed by atoms with Gasteiger partial charge < -0.3 is 14.5 Å².